The van der Waals surface area contributed by atoms with E-state index in [1.54, 1.807) is 19.1 Å². The van der Waals surface area contributed by atoms with E-state index in [2.05, 4.69) is 5.32 Å². The Morgan fingerprint density at radius 1 is 1.47 bits per heavy atom. The van der Waals surface area contributed by atoms with Crippen molar-refractivity contribution in [3.8, 4) is 0 Å². The van der Waals surface area contributed by atoms with Crippen molar-refractivity contribution in [1.29, 1.82) is 0 Å². The second-order valence-electron chi connectivity index (χ2n) is 3.62. The average Bonchev–Trinajstić information content (AvgIpc) is 2.32. The number of ether oxygens (including phenoxy) is 1. The molecule has 0 saturated heterocycles. The van der Waals surface area contributed by atoms with Crippen LogP contribution in [0.4, 0.5) is 4.39 Å². The van der Waals surface area contributed by atoms with Gasteiger partial charge in [0.05, 0.1) is 13.2 Å². The summed E-state index contributed by atoms with van der Waals surface area (Å²) in [5, 5.41) is 2.63. The molecule has 0 atom stereocenters. The summed E-state index contributed by atoms with van der Waals surface area (Å²) in [6, 6.07) is 4.40. The molecule has 0 aliphatic carbocycles. The van der Waals surface area contributed by atoms with Gasteiger partial charge in [-0.3, -0.25) is 4.79 Å². The summed E-state index contributed by atoms with van der Waals surface area (Å²) in [6.45, 7) is 3.36. The van der Waals surface area contributed by atoms with Crippen LogP contribution in [0.15, 0.2) is 18.2 Å². The Kier molecular flexibility index (Phi) is 5.59. The number of rotatable bonds is 6. The van der Waals surface area contributed by atoms with Gasteiger partial charge in [0.1, 0.15) is 5.82 Å². The highest BCUT2D eigenvalue weighted by atomic mass is 19.1. The maximum atomic E-state index is 13.2. The highest BCUT2D eigenvalue weighted by Gasteiger charge is 2.07. The van der Waals surface area contributed by atoms with Crippen LogP contribution < -0.4 is 11.1 Å². The molecule has 1 aromatic carbocycles. The summed E-state index contributed by atoms with van der Waals surface area (Å²) in [4.78, 5) is 11.6. The fraction of sp³-hybridized carbons (Fsp3) is 0.417. The number of amides is 1. The van der Waals surface area contributed by atoms with Gasteiger partial charge < -0.3 is 15.8 Å². The summed E-state index contributed by atoms with van der Waals surface area (Å²) in [5.41, 5.74) is 6.07. The van der Waals surface area contributed by atoms with Crippen molar-refractivity contribution in [2.24, 2.45) is 5.73 Å². The van der Waals surface area contributed by atoms with E-state index < -0.39 is 0 Å². The molecule has 0 fully saturated rings. The lowest BCUT2D eigenvalue weighted by atomic mass is 10.1. The lowest BCUT2D eigenvalue weighted by Gasteiger charge is -2.06. The first-order chi connectivity index (χ1) is 8.15. The van der Waals surface area contributed by atoms with Crippen molar-refractivity contribution in [3.05, 3.63) is 35.1 Å². The number of carbonyl (C=O) groups excluding carboxylic acids is 1. The zero-order valence-electron chi connectivity index (χ0n) is 9.83. The molecular weight excluding hydrogens is 223 g/mol. The van der Waals surface area contributed by atoms with Crippen molar-refractivity contribution < 1.29 is 13.9 Å². The first-order valence-electron chi connectivity index (χ1n) is 5.47. The summed E-state index contributed by atoms with van der Waals surface area (Å²) >= 11 is 0. The summed E-state index contributed by atoms with van der Waals surface area (Å²) < 4.78 is 18.3. The van der Waals surface area contributed by atoms with Gasteiger partial charge >= 0.3 is 0 Å². The van der Waals surface area contributed by atoms with Crippen molar-refractivity contribution in [3.63, 3.8) is 0 Å². The monoisotopic (exact) mass is 240 g/mol. The van der Waals surface area contributed by atoms with Crippen LogP contribution in [0.5, 0.6) is 0 Å². The van der Waals surface area contributed by atoms with Crippen molar-refractivity contribution >= 4 is 5.91 Å². The Bertz CT molecular complexity index is 383. The quantitative estimate of drug-likeness (QED) is 0.724. The number of nitrogens with two attached hydrogens (primary N) is 1. The predicted molar refractivity (Wildman–Crippen MR) is 63.3 cm³/mol. The van der Waals surface area contributed by atoms with E-state index in [9.17, 15) is 9.18 Å². The molecule has 0 spiro atoms. The van der Waals surface area contributed by atoms with Crippen LogP contribution in [0.2, 0.25) is 0 Å². The van der Waals surface area contributed by atoms with Crippen LogP contribution in [0.25, 0.3) is 0 Å². The summed E-state index contributed by atoms with van der Waals surface area (Å²) in [6.07, 6.45) is 0. The highest BCUT2D eigenvalue weighted by molar-refractivity contribution is 5.94. The molecule has 0 aliphatic heterocycles. The zero-order valence-corrected chi connectivity index (χ0v) is 9.83. The molecular formula is C12H17FN2O2. The number of aryl methyl sites for hydroxylation is 1. The Hall–Kier alpha value is -1.46. The standard InChI is InChI=1S/C12H17FN2O2/c1-9-2-3-10(8-11(9)13)12(16)15-5-7-17-6-4-14/h2-3,8H,4-7,14H2,1H3,(H,15,16). The number of carbonyl (C=O) groups is 1. The average molecular weight is 240 g/mol. The molecule has 1 rings (SSSR count). The molecule has 0 aliphatic rings. The maximum absolute atomic E-state index is 13.2. The molecule has 1 amide bonds. The zero-order chi connectivity index (χ0) is 12.7. The fourth-order valence-corrected chi connectivity index (χ4v) is 1.26. The predicted octanol–water partition coefficient (Wildman–Crippen LogP) is 0.839. The highest BCUT2D eigenvalue weighted by Crippen LogP contribution is 2.08. The number of hydrogen-bond donors (Lipinski definition) is 2. The van der Waals surface area contributed by atoms with Crippen LogP contribution in [0, 0.1) is 12.7 Å². The molecule has 0 radical (unpaired) electrons. The van der Waals surface area contributed by atoms with E-state index in [1.165, 1.54) is 6.07 Å². The molecule has 1 aromatic rings. The van der Waals surface area contributed by atoms with Crippen LogP contribution in [-0.4, -0.2) is 32.2 Å². The Morgan fingerprint density at radius 2 is 2.24 bits per heavy atom. The summed E-state index contributed by atoms with van der Waals surface area (Å²) in [7, 11) is 0. The van der Waals surface area contributed by atoms with E-state index in [1.807, 2.05) is 0 Å². The number of nitrogens with one attached hydrogen (secondary N) is 1. The lowest BCUT2D eigenvalue weighted by molar-refractivity contribution is 0.0919. The Balaban J connectivity index is 2.39. The molecule has 0 bridgehead atoms. The number of benzene rings is 1. The molecule has 4 nitrogen and oxygen atoms in total. The second kappa shape index (κ2) is 6.98. The molecule has 94 valence electrons. The van der Waals surface area contributed by atoms with Crippen LogP contribution >= 0.6 is 0 Å². The SMILES string of the molecule is Cc1ccc(C(=O)NCCOCCN)cc1F. The smallest absolute Gasteiger partial charge is 0.251 e. The van der Waals surface area contributed by atoms with Crippen LogP contribution in [-0.2, 0) is 4.74 Å². The third-order valence-corrected chi connectivity index (χ3v) is 2.23. The molecule has 5 heteroatoms. The molecule has 0 aromatic heterocycles. The van der Waals surface area contributed by atoms with Gasteiger partial charge in [0, 0.05) is 18.7 Å². The van der Waals surface area contributed by atoms with Gasteiger partial charge in [-0.25, -0.2) is 4.39 Å². The topological polar surface area (TPSA) is 64.3 Å². The van der Waals surface area contributed by atoms with Gasteiger partial charge in [-0.05, 0) is 24.6 Å². The Morgan fingerprint density at radius 3 is 2.88 bits per heavy atom. The van der Waals surface area contributed by atoms with Gasteiger partial charge in [0.25, 0.3) is 5.91 Å². The normalized spacial score (nSPS) is 10.3. The Labute approximate surface area is 100.0 Å². The van der Waals surface area contributed by atoms with E-state index in [4.69, 9.17) is 10.5 Å². The molecule has 0 unspecified atom stereocenters. The van der Waals surface area contributed by atoms with Crippen molar-refractivity contribution in [1.82, 2.24) is 5.32 Å². The van der Waals surface area contributed by atoms with E-state index in [-0.39, 0.29) is 11.7 Å². The minimum atomic E-state index is -0.378. The van der Waals surface area contributed by atoms with Gasteiger partial charge in [-0.2, -0.15) is 0 Å². The van der Waals surface area contributed by atoms with Crippen molar-refractivity contribution in [2.75, 3.05) is 26.3 Å². The number of halogens is 1. The first kappa shape index (κ1) is 13.6. The third-order valence-electron chi connectivity index (χ3n) is 2.23. The molecule has 0 heterocycles. The van der Waals surface area contributed by atoms with Crippen molar-refractivity contribution in [2.45, 2.75) is 6.92 Å². The third kappa shape index (κ3) is 4.50. The molecule has 17 heavy (non-hydrogen) atoms. The van der Waals surface area contributed by atoms with Gasteiger partial charge in [0.15, 0.2) is 0 Å². The fourth-order valence-electron chi connectivity index (χ4n) is 1.26. The number of hydrogen-bond acceptors (Lipinski definition) is 3. The first-order valence-corrected chi connectivity index (χ1v) is 5.47. The van der Waals surface area contributed by atoms with Crippen LogP contribution in [0.3, 0.4) is 0 Å². The molecule has 0 saturated carbocycles. The van der Waals surface area contributed by atoms with Gasteiger partial charge in [-0.15, -0.1) is 0 Å². The van der Waals surface area contributed by atoms with E-state index in [0.717, 1.165) is 0 Å². The van der Waals surface area contributed by atoms with E-state index in [0.29, 0.717) is 37.4 Å². The largest absolute Gasteiger partial charge is 0.378 e. The van der Waals surface area contributed by atoms with Crippen LogP contribution in [0.1, 0.15) is 15.9 Å². The van der Waals surface area contributed by atoms with E-state index >= 15 is 0 Å². The minimum Gasteiger partial charge on any atom is -0.378 e. The van der Waals surface area contributed by atoms with Gasteiger partial charge in [-0.1, -0.05) is 6.07 Å². The molecule has 3 N–H and O–H groups in total. The second-order valence-corrected chi connectivity index (χ2v) is 3.62. The summed E-state index contributed by atoms with van der Waals surface area (Å²) in [5.74, 6) is -0.683. The minimum absolute atomic E-state index is 0.305. The lowest BCUT2D eigenvalue weighted by Crippen LogP contribution is -2.28. The van der Waals surface area contributed by atoms with Gasteiger partial charge in [0.2, 0.25) is 0 Å². The maximum Gasteiger partial charge on any atom is 0.251 e.